The van der Waals surface area contributed by atoms with Gasteiger partial charge in [-0.05, 0) is 46.1 Å². The monoisotopic (exact) mass is 352 g/mol. The summed E-state index contributed by atoms with van der Waals surface area (Å²) in [5.41, 5.74) is 1.00. The van der Waals surface area contributed by atoms with Gasteiger partial charge in [0, 0.05) is 11.0 Å². The molecule has 0 bridgehead atoms. The van der Waals surface area contributed by atoms with Gasteiger partial charge in [0.15, 0.2) is 5.11 Å². The third-order valence-electron chi connectivity index (χ3n) is 3.48. The van der Waals surface area contributed by atoms with Gasteiger partial charge in [0.05, 0.1) is 6.54 Å². The Morgan fingerprint density at radius 2 is 1.92 bits per heavy atom. The number of nitrogens with one attached hydrogen (secondary N) is 2. The fourth-order valence-electron chi connectivity index (χ4n) is 2.34. The van der Waals surface area contributed by atoms with Crippen LogP contribution in [0.2, 0.25) is 0 Å². The van der Waals surface area contributed by atoms with Crippen LogP contribution in [0, 0.1) is 0 Å². The second-order valence-corrected chi connectivity index (χ2v) is 6.59. The Morgan fingerprint density at radius 1 is 1.08 bits per heavy atom. The maximum Gasteiger partial charge on any atom is 0.250 e. The fourth-order valence-corrected chi connectivity index (χ4v) is 3.16. The summed E-state index contributed by atoms with van der Waals surface area (Å²) in [6.07, 6.45) is 3.31. The Balaban J connectivity index is 1.59. The van der Waals surface area contributed by atoms with Crippen molar-refractivity contribution >= 4 is 51.4 Å². The second kappa shape index (κ2) is 7.86. The molecule has 0 atom stereocenters. The van der Waals surface area contributed by atoms with Gasteiger partial charge in [-0.3, -0.25) is 10.1 Å². The molecule has 0 saturated heterocycles. The first kappa shape index (κ1) is 16.4. The lowest BCUT2D eigenvalue weighted by Gasteiger charge is -2.06. The molecule has 0 aliphatic carbocycles. The number of thiophene rings is 1. The Kier molecular flexibility index (Phi) is 5.36. The number of carbonyl (C=O) groups is 1. The fraction of sp³-hybridized carbons (Fsp3) is 0.0526. The second-order valence-electron chi connectivity index (χ2n) is 5.15. The third-order valence-corrected chi connectivity index (χ3v) is 4.60. The SMILES string of the molecule is O=C(C=Cc1cccc2ccccc12)NC(=S)NCc1cccs1. The summed E-state index contributed by atoms with van der Waals surface area (Å²) in [4.78, 5) is 13.2. The maximum atomic E-state index is 12.0. The van der Waals surface area contributed by atoms with E-state index in [0.717, 1.165) is 21.2 Å². The van der Waals surface area contributed by atoms with E-state index < -0.39 is 0 Å². The Hall–Kier alpha value is -2.50. The van der Waals surface area contributed by atoms with Crippen molar-refractivity contribution in [2.75, 3.05) is 0 Å². The highest BCUT2D eigenvalue weighted by Crippen LogP contribution is 2.19. The number of amides is 1. The van der Waals surface area contributed by atoms with Gasteiger partial charge < -0.3 is 5.32 Å². The largest absolute Gasteiger partial charge is 0.357 e. The van der Waals surface area contributed by atoms with Crippen LogP contribution in [0.4, 0.5) is 0 Å². The first-order valence-corrected chi connectivity index (χ1v) is 8.78. The molecule has 1 aromatic heterocycles. The molecule has 0 saturated carbocycles. The minimum atomic E-state index is -0.244. The zero-order valence-electron chi connectivity index (χ0n) is 12.9. The first-order chi connectivity index (χ1) is 11.7. The van der Waals surface area contributed by atoms with E-state index in [9.17, 15) is 4.79 Å². The highest BCUT2D eigenvalue weighted by molar-refractivity contribution is 7.80. The van der Waals surface area contributed by atoms with Gasteiger partial charge >= 0.3 is 0 Å². The lowest BCUT2D eigenvalue weighted by molar-refractivity contribution is -0.115. The van der Waals surface area contributed by atoms with Crippen LogP contribution < -0.4 is 10.6 Å². The van der Waals surface area contributed by atoms with Crippen molar-refractivity contribution in [3.8, 4) is 0 Å². The minimum absolute atomic E-state index is 0.244. The molecular weight excluding hydrogens is 336 g/mol. The highest BCUT2D eigenvalue weighted by Gasteiger charge is 2.02. The van der Waals surface area contributed by atoms with Crippen LogP contribution >= 0.6 is 23.6 Å². The Morgan fingerprint density at radius 3 is 2.75 bits per heavy atom. The summed E-state index contributed by atoms with van der Waals surface area (Å²) in [5.74, 6) is -0.244. The number of carbonyl (C=O) groups excluding carboxylic acids is 1. The third kappa shape index (κ3) is 4.28. The van der Waals surface area contributed by atoms with Crippen molar-refractivity contribution in [2.45, 2.75) is 6.54 Å². The summed E-state index contributed by atoms with van der Waals surface area (Å²) < 4.78 is 0. The zero-order chi connectivity index (χ0) is 16.8. The van der Waals surface area contributed by atoms with Gasteiger partial charge in [-0.15, -0.1) is 11.3 Å². The van der Waals surface area contributed by atoms with E-state index in [1.165, 1.54) is 6.08 Å². The number of fused-ring (bicyclic) bond motifs is 1. The average Bonchev–Trinajstić information content (AvgIpc) is 3.11. The molecule has 0 unspecified atom stereocenters. The van der Waals surface area contributed by atoms with Crippen molar-refractivity contribution in [1.29, 1.82) is 0 Å². The number of hydrogen-bond donors (Lipinski definition) is 2. The summed E-state index contributed by atoms with van der Waals surface area (Å²) in [7, 11) is 0. The molecule has 0 aliphatic heterocycles. The summed E-state index contributed by atoms with van der Waals surface area (Å²) >= 11 is 6.78. The van der Waals surface area contributed by atoms with Crippen molar-refractivity contribution in [3.05, 3.63) is 76.5 Å². The van der Waals surface area contributed by atoms with Crippen LogP contribution in [0.1, 0.15) is 10.4 Å². The molecule has 0 aliphatic rings. The molecule has 120 valence electrons. The number of benzene rings is 2. The van der Waals surface area contributed by atoms with E-state index in [1.807, 2.05) is 47.8 Å². The van der Waals surface area contributed by atoms with E-state index in [0.29, 0.717) is 11.7 Å². The van der Waals surface area contributed by atoms with Crippen LogP contribution in [0.3, 0.4) is 0 Å². The maximum absolute atomic E-state index is 12.0. The molecule has 1 amide bonds. The predicted molar refractivity (Wildman–Crippen MR) is 105 cm³/mol. The van der Waals surface area contributed by atoms with E-state index >= 15 is 0 Å². The van der Waals surface area contributed by atoms with Gasteiger partial charge in [0.2, 0.25) is 5.91 Å². The zero-order valence-corrected chi connectivity index (χ0v) is 14.5. The molecule has 5 heteroatoms. The van der Waals surface area contributed by atoms with Crippen LogP contribution in [0.25, 0.3) is 16.8 Å². The van der Waals surface area contributed by atoms with E-state index in [1.54, 1.807) is 17.4 Å². The van der Waals surface area contributed by atoms with Crippen LogP contribution in [-0.4, -0.2) is 11.0 Å². The number of hydrogen-bond acceptors (Lipinski definition) is 3. The quantitative estimate of drug-likeness (QED) is 0.548. The Labute approximate surface area is 150 Å². The number of thiocarbonyl (C=S) groups is 1. The molecule has 24 heavy (non-hydrogen) atoms. The van der Waals surface area contributed by atoms with E-state index in [-0.39, 0.29) is 5.91 Å². The molecule has 0 fully saturated rings. The minimum Gasteiger partial charge on any atom is -0.357 e. The molecular formula is C19H16N2OS2. The molecule has 3 aromatic rings. The normalized spacial score (nSPS) is 10.8. The van der Waals surface area contributed by atoms with Gasteiger partial charge in [0.1, 0.15) is 0 Å². The van der Waals surface area contributed by atoms with Crippen molar-refractivity contribution in [3.63, 3.8) is 0 Å². The standard InChI is InChI=1S/C19H16N2OS2/c22-18(21-19(23)20-13-16-8-4-12-24-16)11-10-15-7-3-6-14-5-1-2-9-17(14)15/h1-12H,13H2,(H2,20,21,22,23). The molecule has 1 heterocycles. The number of rotatable bonds is 4. The average molecular weight is 352 g/mol. The van der Waals surface area contributed by atoms with Crippen molar-refractivity contribution < 1.29 is 4.79 Å². The van der Waals surface area contributed by atoms with Crippen LogP contribution in [0.15, 0.2) is 66.1 Å². The first-order valence-electron chi connectivity index (χ1n) is 7.49. The molecule has 0 spiro atoms. The predicted octanol–water partition coefficient (Wildman–Crippen LogP) is 4.11. The van der Waals surface area contributed by atoms with E-state index in [4.69, 9.17) is 12.2 Å². The van der Waals surface area contributed by atoms with Crippen molar-refractivity contribution in [2.24, 2.45) is 0 Å². The smallest absolute Gasteiger partial charge is 0.250 e. The molecule has 3 rings (SSSR count). The summed E-state index contributed by atoms with van der Waals surface area (Å²) in [6, 6.07) is 18.1. The van der Waals surface area contributed by atoms with E-state index in [2.05, 4.69) is 22.8 Å². The van der Waals surface area contributed by atoms with Gasteiger partial charge in [0.25, 0.3) is 0 Å². The lowest BCUT2D eigenvalue weighted by Crippen LogP contribution is -2.37. The van der Waals surface area contributed by atoms with Crippen LogP contribution in [-0.2, 0) is 11.3 Å². The molecule has 2 N–H and O–H groups in total. The van der Waals surface area contributed by atoms with Crippen molar-refractivity contribution in [1.82, 2.24) is 10.6 Å². The lowest BCUT2D eigenvalue weighted by atomic mass is 10.0. The topological polar surface area (TPSA) is 41.1 Å². The van der Waals surface area contributed by atoms with Gasteiger partial charge in [-0.1, -0.05) is 48.5 Å². The summed E-state index contributed by atoms with van der Waals surface area (Å²) in [5, 5.41) is 10.3. The highest BCUT2D eigenvalue weighted by atomic mass is 32.1. The molecule has 2 aromatic carbocycles. The van der Waals surface area contributed by atoms with Gasteiger partial charge in [-0.2, -0.15) is 0 Å². The summed E-state index contributed by atoms with van der Waals surface area (Å²) in [6.45, 7) is 0.615. The molecule has 0 radical (unpaired) electrons. The molecule has 3 nitrogen and oxygen atoms in total. The Bertz CT molecular complexity index is 880. The van der Waals surface area contributed by atoms with Gasteiger partial charge in [-0.25, -0.2) is 0 Å². The van der Waals surface area contributed by atoms with Crippen LogP contribution in [0.5, 0.6) is 0 Å².